The van der Waals surface area contributed by atoms with Gasteiger partial charge in [-0.3, -0.25) is 0 Å². The van der Waals surface area contributed by atoms with Crippen molar-refractivity contribution >= 4 is 11.6 Å². The summed E-state index contributed by atoms with van der Waals surface area (Å²) in [5, 5.41) is 3.67. The van der Waals surface area contributed by atoms with E-state index in [2.05, 4.69) is 5.32 Å². The second kappa shape index (κ2) is 6.33. The zero-order chi connectivity index (χ0) is 14.7. The Bertz CT molecular complexity index is 573. The molecule has 0 amide bonds. The number of aryl methyl sites for hydroxylation is 1. The summed E-state index contributed by atoms with van der Waals surface area (Å²) in [7, 11) is 0. The molecule has 2 rings (SSSR count). The van der Waals surface area contributed by atoms with Crippen LogP contribution in [0.1, 0.15) is 29.7 Å². The molecule has 0 heterocycles. The van der Waals surface area contributed by atoms with Gasteiger partial charge >= 0.3 is 0 Å². The zero-order valence-electron chi connectivity index (χ0n) is 11.4. The van der Waals surface area contributed by atoms with E-state index in [1.54, 1.807) is 6.07 Å². The first-order valence-corrected chi connectivity index (χ1v) is 6.85. The first-order chi connectivity index (χ1) is 9.52. The van der Waals surface area contributed by atoms with Gasteiger partial charge in [-0.25, -0.2) is 8.78 Å². The minimum atomic E-state index is -0.562. The number of nitrogens with one attached hydrogen (secondary N) is 1. The predicted molar refractivity (Wildman–Crippen MR) is 78.1 cm³/mol. The van der Waals surface area contributed by atoms with Crippen LogP contribution in [0, 0.1) is 18.6 Å². The Balaban J connectivity index is 2.56. The maximum absolute atomic E-state index is 14.0. The van der Waals surface area contributed by atoms with Gasteiger partial charge in [0, 0.05) is 10.6 Å². The van der Waals surface area contributed by atoms with Gasteiger partial charge in [-0.2, -0.15) is 0 Å². The maximum atomic E-state index is 14.0. The number of halogens is 3. The van der Waals surface area contributed by atoms with Crippen LogP contribution in [0.15, 0.2) is 36.4 Å². The fourth-order valence-corrected chi connectivity index (χ4v) is 2.61. The average molecular weight is 296 g/mol. The predicted octanol–water partition coefficient (Wildman–Crippen LogP) is 4.63. The summed E-state index contributed by atoms with van der Waals surface area (Å²) in [5.41, 5.74) is 1.73. The van der Waals surface area contributed by atoms with Crippen molar-refractivity contribution in [2.24, 2.45) is 0 Å². The van der Waals surface area contributed by atoms with Crippen molar-refractivity contribution in [2.45, 2.75) is 19.9 Å². The topological polar surface area (TPSA) is 12.0 Å². The highest BCUT2D eigenvalue weighted by Crippen LogP contribution is 2.29. The molecule has 4 heteroatoms. The van der Waals surface area contributed by atoms with Crippen LogP contribution in [0.4, 0.5) is 8.78 Å². The fraction of sp³-hybridized carbons (Fsp3) is 0.250. The van der Waals surface area contributed by atoms with Gasteiger partial charge < -0.3 is 5.32 Å². The Kier molecular flexibility index (Phi) is 4.73. The van der Waals surface area contributed by atoms with E-state index < -0.39 is 17.7 Å². The monoisotopic (exact) mass is 295 g/mol. The highest BCUT2D eigenvalue weighted by Gasteiger charge is 2.21. The lowest BCUT2D eigenvalue weighted by molar-refractivity contribution is 0.510. The molecule has 0 bridgehead atoms. The maximum Gasteiger partial charge on any atom is 0.131 e. The van der Waals surface area contributed by atoms with Gasteiger partial charge in [-0.1, -0.05) is 30.7 Å². The van der Waals surface area contributed by atoms with Gasteiger partial charge in [0.25, 0.3) is 0 Å². The van der Waals surface area contributed by atoms with Crippen molar-refractivity contribution in [3.63, 3.8) is 0 Å². The third kappa shape index (κ3) is 3.17. The van der Waals surface area contributed by atoms with Gasteiger partial charge in [0.05, 0.1) is 6.04 Å². The van der Waals surface area contributed by atoms with E-state index in [4.69, 9.17) is 11.6 Å². The normalized spacial score (nSPS) is 12.4. The highest BCUT2D eigenvalue weighted by molar-refractivity contribution is 6.30. The van der Waals surface area contributed by atoms with Crippen molar-refractivity contribution < 1.29 is 8.78 Å². The molecule has 0 aliphatic heterocycles. The molecule has 0 aromatic heterocycles. The van der Waals surface area contributed by atoms with Crippen molar-refractivity contribution in [1.29, 1.82) is 0 Å². The molecule has 0 saturated heterocycles. The third-order valence-corrected chi connectivity index (χ3v) is 3.31. The van der Waals surface area contributed by atoms with Crippen LogP contribution in [0.3, 0.4) is 0 Å². The molecule has 1 nitrogen and oxygen atoms in total. The largest absolute Gasteiger partial charge is 0.306 e. The molecular formula is C16H16ClF2N. The van der Waals surface area contributed by atoms with Crippen molar-refractivity contribution in [3.8, 4) is 0 Å². The fourth-order valence-electron chi connectivity index (χ4n) is 2.31. The van der Waals surface area contributed by atoms with E-state index in [1.165, 1.54) is 18.2 Å². The molecule has 0 spiro atoms. The Morgan fingerprint density at radius 2 is 1.80 bits per heavy atom. The molecule has 106 valence electrons. The molecule has 0 radical (unpaired) electrons. The summed E-state index contributed by atoms with van der Waals surface area (Å²) in [6, 6.07) is 8.75. The Morgan fingerprint density at radius 1 is 1.15 bits per heavy atom. The van der Waals surface area contributed by atoms with E-state index in [1.807, 2.05) is 26.0 Å². The molecule has 0 aliphatic carbocycles. The number of rotatable bonds is 4. The van der Waals surface area contributed by atoms with Crippen LogP contribution in [-0.2, 0) is 0 Å². The first-order valence-electron chi connectivity index (χ1n) is 6.47. The minimum absolute atomic E-state index is 0.0241. The standard InChI is InChI=1S/C16H16ClF2N/c1-3-20-16(11-7-10(2)8-12(17)9-11)15-13(18)5-4-6-14(15)19/h4-9,16,20H,3H2,1-2H3. The van der Waals surface area contributed by atoms with Crippen LogP contribution in [0.2, 0.25) is 5.02 Å². The first kappa shape index (κ1) is 14.9. The van der Waals surface area contributed by atoms with E-state index >= 15 is 0 Å². The Labute approximate surface area is 122 Å². The zero-order valence-corrected chi connectivity index (χ0v) is 12.1. The highest BCUT2D eigenvalue weighted by atomic mass is 35.5. The van der Waals surface area contributed by atoms with Crippen LogP contribution < -0.4 is 5.32 Å². The Hall–Kier alpha value is -1.45. The van der Waals surface area contributed by atoms with Gasteiger partial charge in [0.15, 0.2) is 0 Å². The van der Waals surface area contributed by atoms with Crippen molar-refractivity contribution in [2.75, 3.05) is 6.54 Å². The van der Waals surface area contributed by atoms with Gasteiger partial charge in [0.2, 0.25) is 0 Å². The molecule has 0 fully saturated rings. The molecule has 2 aromatic rings. The molecule has 20 heavy (non-hydrogen) atoms. The number of hydrogen-bond donors (Lipinski definition) is 1. The van der Waals surface area contributed by atoms with Crippen molar-refractivity contribution in [1.82, 2.24) is 5.32 Å². The van der Waals surface area contributed by atoms with Crippen LogP contribution in [-0.4, -0.2) is 6.54 Å². The minimum Gasteiger partial charge on any atom is -0.306 e. The second-order valence-electron chi connectivity index (χ2n) is 4.69. The van der Waals surface area contributed by atoms with E-state index in [-0.39, 0.29) is 5.56 Å². The van der Waals surface area contributed by atoms with Gasteiger partial charge in [0.1, 0.15) is 11.6 Å². The second-order valence-corrected chi connectivity index (χ2v) is 5.12. The van der Waals surface area contributed by atoms with E-state index in [0.29, 0.717) is 11.6 Å². The van der Waals surface area contributed by atoms with Crippen LogP contribution >= 0.6 is 11.6 Å². The average Bonchev–Trinajstić information content (AvgIpc) is 2.36. The molecule has 0 aliphatic rings. The Morgan fingerprint density at radius 3 is 2.35 bits per heavy atom. The molecule has 2 aromatic carbocycles. The van der Waals surface area contributed by atoms with Gasteiger partial charge in [-0.15, -0.1) is 0 Å². The lowest BCUT2D eigenvalue weighted by Gasteiger charge is -2.21. The number of benzene rings is 2. The quantitative estimate of drug-likeness (QED) is 0.867. The van der Waals surface area contributed by atoms with Crippen molar-refractivity contribution in [3.05, 3.63) is 69.7 Å². The molecular weight excluding hydrogens is 280 g/mol. The third-order valence-electron chi connectivity index (χ3n) is 3.09. The van der Waals surface area contributed by atoms with E-state index in [0.717, 1.165) is 11.1 Å². The molecule has 1 unspecified atom stereocenters. The summed E-state index contributed by atoms with van der Waals surface area (Å²) in [5.74, 6) is -1.12. The SMILES string of the molecule is CCNC(c1cc(C)cc(Cl)c1)c1c(F)cccc1F. The molecule has 1 atom stereocenters. The van der Waals surface area contributed by atoms with Crippen LogP contribution in [0.25, 0.3) is 0 Å². The summed E-state index contributed by atoms with van der Waals surface area (Å²) in [4.78, 5) is 0. The summed E-state index contributed by atoms with van der Waals surface area (Å²) < 4.78 is 28.0. The number of hydrogen-bond acceptors (Lipinski definition) is 1. The lowest BCUT2D eigenvalue weighted by atomic mass is 9.96. The smallest absolute Gasteiger partial charge is 0.131 e. The summed E-state index contributed by atoms with van der Waals surface area (Å²) >= 11 is 6.05. The van der Waals surface area contributed by atoms with Gasteiger partial charge in [-0.05, 0) is 48.9 Å². The van der Waals surface area contributed by atoms with Crippen LogP contribution in [0.5, 0.6) is 0 Å². The molecule has 0 saturated carbocycles. The summed E-state index contributed by atoms with van der Waals surface area (Å²) in [6.07, 6.45) is 0. The summed E-state index contributed by atoms with van der Waals surface area (Å²) in [6.45, 7) is 4.38. The molecule has 1 N–H and O–H groups in total. The lowest BCUT2D eigenvalue weighted by Crippen LogP contribution is -2.24. The van der Waals surface area contributed by atoms with E-state index in [9.17, 15) is 8.78 Å².